The minimum Gasteiger partial charge on any atom is -0.462 e. The largest absolute Gasteiger partial charge is 0.462 e. The van der Waals surface area contributed by atoms with E-state index in [1.165, 1.54) is 0 Å². The van der Waals surface area contributed by atoms with Gasteiger partial charge in [-0.3, -0.25) is 0 Å². The second-order valence-electron chi connectivity index (χ2n) is 17.0. The molecule has 0 bridgehead atoms. The van der Waals surface area contributed by atoms with Gasteiger partial charge in [-0.25, -0.2) is 19.2 Å². The summed E-state index contributed by atoms with van der Waals surface area (Å²) in [6, 6.07) is 45.3. The van der Waals surface area contributed by atoms with Gasteiger partial charge in [0.05, 0.1) is 49.2 Å². The van der Waals surface area contributed by atoms with Gasteiger partial charge in [0.1, 0.15) is 24.3 Å². The van der Waals surface area contributed by atoms with E-state index in [4.69, 9.17) is 18.9 Å². The number of nitrogens with zero attached hydrogens (tertiary/aromatic N) is 4. The molecule has 0 radical (unpaired) electrons. The van der Waals surface area contributed by atoms with Gasteiger partial charge in [0.2, 0.25) is 0 Å². The Balaban J connectivity index is 0.000000507. The summed E-state index contributed by atoms with van der Waals surface area (Å²) in [7, 11) is 0. The van der Waals surface area contributed by atoms with Crippen molar-refractivity contribution >= 4 is 46.7 Å². The molecule has 0 aromatic heterocycles. The Hall–Kier alpha value is -9.12. The fourth-order valence-corrected chi connectivity index (χ4v) is 6.40. The third-order valence-electron chi connectivity index (χ3n) is 9.35. The maximum Gasteiger partial charge on any atom is 0.351 e. The molecule has 0 aliphatic heterocycles. The lowest BCUT2D eigenvalue weighted by Crippen LogP contribution is -2.24. The van der Waals surface area contributed by atoms with Crippen molar-refractivity contribution in [1.29, 1.82) is 21.0 Å². The summed E-state index contributed by atoms with van der Waals surface area (Å²) in [6.45, 7) is 23.4. The molecule has 4 aromatic carbocycles. The number of nitriles is 4. The lowest BCUT2D eigenvalue weighted by atomic mass is 10.1. The van der Waals surface area contributed by atoms with Crippen LogP contribution in [0.15, 0.2) is 144 Å². The average molecular weight is 1030 g/mol. The predicted octanol–water partition coefficient (Wildman–Crippen LogP) is 9.93. The molecule has 0 aliphatic carbocycles. The van der Waals surface area contributed by atoms with Gasteiger partial charge < -0.3 is 40.2 Å². The number of carbonyl (C=O) groups is 4. The van der Waals surface area contributed by atoms with Crippen LogP contribution in [0.5, 0.6) is 0 Å². The quantitative estimate of drug-likeness (QED) is 0.0278. The number of hydrogen-bond acceptors (Lipinski definition) is 16. The molecular formula is C60H72N8O8. The molecule has 4 aromatic rings. The van der Waals surface area contributed by atoms with Gasteiger partial charge in [-0.15, -0.1) is 0 Å². The van der Waals surface area contributed by atoms with E-state index in [9.17, 15) is 40.2 Å². The van der Waals surface area contributed by atoms with Crippen LogP contribution >= 0.6 is 0 Å². The summed E-state index contributed by atoms with van der Waals surface area (Å²) < 4.78 is 19.7. The lowest BCUT2D eigenvalue weighted by molar-refractivity contribution is -0.138. The molecule has 76 heavy (non-hydrogen) atoms. The van der Waals surface area contributed by atoms with E-state index >= 15 is 0 Å². The van der Waals surface area contributed by atoms with Crippen molar-refractivity contribution in [2.75, 3.05) is 26.4 Å². The van der Waals surface area contributed by atoms with Crippen molar-refractivity contribution in [3.63, 3.8) is 0 Å². The second kappa shape index (κ2) is 36.7. The summed E-state index contributed by atoms with van der Waals surface area (Å²) >= 11 is 0. The highest BCUT2D eigenvalue weighted by Crippen LogP contribution is 2.21. The van der Waals surface area contributed by atoms with Crippen molar-refractivity contribution in [3.8, 4) is 24.3 Å². The normalized spacial score (nSPS) is 11.5. The Kier molecular flexibility index (Phi) is 31.4. The van der Waals surface area contributed by atoms with E-state index < -0.39 is 23.9 Å². The molecule has 0 saturated heterocycles. The Bertz CT molecular complexity index is 2380. The molecule has 0 aliphatic rings. The van der Waals surface area contributed by atoms with Crippen LogP contribution in [0.3, 0.4) is 0 Å². The van der Waals surface area contributed by atoms with Crippen molar-refractivity contribution in [2.24, 2.45) is 0 Å². The molecule has 4 rings (SSSR count). The molecule has 0 amide bonds. The maximum atomic E-state index is 11.8. The van der Waals surface area contributed by atoms with Crippen LogP contribution in [0.2, 0.25) is 0 Å². The molecule has 0 fully saturated rings. The summed E-state index contributed by atoms with van der Waals surface area (Å²) in [4.78, 5) is 47.3. The van der Waals surface area contributed by atoms with Crippen LogP contribution in [-0.2, 0) is 38.1 Å². The number of benzene rings is 4. The highest BCUT2D eigenvalue weighted by molar-refractivity contribution is 6.03. The van der Waals surface area contributed by atoms with Gasteiger partial charge in [0.15, 0.2) is 22.3 Å². The molecule has 400 valence electrons. The topological polar surface area (TPSA) is 248 Å². The van der Waals surface area contributed by atoms with Gasteiger partial charge in [-0.1, -0.05) is 121 Å². The van der Waals surface area contributed by atoms with Crippen molar-refractivity contribution in [2.45, 2.75) is 107 Å². The zero-order valence-corrected chi connectivity index (χ0v) is 45.7. The summed E-state index contributed by atoms with van der Waals surface area (Å²) in [5.41, 5.74) is 5.22. The van der Waals surface area contributed by atoms with E-state index in [0.29, 0.717) is 22.8 Å². The highest BCUT2D eigenvalue weighted by Gasteiger charge is 2.22. The van der Waals surface area contributed by atoms with E-state index in [1.54, 1.807) is 27.7 Å². The first kappa shape index (κ1) is 64.9. The third kappa shape index (κ3) is 23.2. The first-order valence-corrected chi connectivity index (χ1v) is 24.9. The molecule has 0 unspecified atom stereocenters. The Morgan fingerprint density at radius 3 is 0.618 bits per heavy atom. The second-order valence-corrected chi connectivity index (χ2v) is 17.0. The Labute approximate surface area is 449 Å². The van der Waals surface area contributed by atoms with Crippen LogP contribution in [0.1, 0.15) is 105 Å². The summed E-state index contributed by atoms with van der Waals surface area (Å²) in [6.07, 6.45) is 0. The minimum absolute atomic E-state index is 0.00162. The predicted molar refractivity (Wildman–Crippen MR) is 296 cm³/mol. The number of carbonyl (C=O) groups excluding carboxylic acids is 4. The monoisotopic (exact) mass is 1030 g/mol. The van der Waals surface area contributed by atoms with Gasteiger partial charge in [-0.05, 0) is 105 Å². The van der Waals surface area contributed by atoms with Crippen molar-refractivity contribution in [3.05, 3.63) is 166 Å². The van der Waals surface area contributed by atoms with E-state index in [-0.39, 0.29) is 72.9 Å². The molecular weight excluding hydrogens is 961 g/mol. The molecule has 4 N–H and O–H groups in total. The first-order valence-electron chi connectivity index (χ1n) is 24.9. The highest BCUT2D eigenvalue weighted by atomic mass is 16.5. The number of esters is 4. The standard InChI is InChI=1S/4C15H18N2O2/c4*1-4-19-15(18)13(10-16)14(17-11(2)3)12-8-6-5-7-9-12/h4*5-9,11,17H,4H2,1-3H3/b4*14-13-. The van der Waals surface area contributed by atoms with Crippen LogP contribution in [0, 0.1) is 45.3 Å². The Morgan fingerprint density at radius 2 is 0.500 bits per heavy atom. The fourth-order valence-electron chi connectivity index (χ4n) is 6.40. The SMILES string of the molecule is CCOC(=O)/C(C#N)=C(\NC(C)C)c1ccccc1.CCOC(=O)/C(C#N)=C(\NC(C)C)c1ccccc1.CCOC(=O)/C(C#N)=C(\NC(C)C)c1ccccc1.CCOC(=O)/C(C#N)=C(\NC(C)C)c1ccccc1. The van der Waals surface area contributed by atoms with Crippen LogP contribution in [0.25, 0.3) is 22.8 Å². The molecule has 0 heterocycles. The maximum absolute atomic E-state index is 11.8. The number of ether oxygens (including phenoxy) is 4. The van der Waals surface area contributed by atoms with Crippen molar-refractivity contribution in [1.82, 2.24) is 21.3 Å². The van der Waals surface area contributed by atoms with E-state index in [2.05, 4.69) is 21.3 Å². The Morgan fingerprint density at radius 1 is 0.342 bits per heavy atom. The van der Waals surface area contributed by atoms with Gasteiger partial charge in [0, 0.05) is 24.2 Å². The van der Waals surface area contributed by atoms with Gasteiger partial charge in [-0.2, -0.15) is 21.0 Å². The van der Waals surface area contributed by atoms with Gasteiger partial charge in [0.25, 0.3) is 0 Å². The third-order valence-corrected chi connectivity index (χ3v) is 9.35. The smallest absolute Gasteiger partial charge is 0.351 e. The molecule has 0 saturated carbocycles. The average Bonchev–Trinajstić information content (AvgIpc) is 3.40. The van der Waals surface area contributed by atoms with Crippen molar-refractivity contribution < 1.29 is 38.1 Å². The van der Waals surface area contributed by atoms with Crippen LogP contribution in [0.4, 0.5) is 0 Å². The van der Waals surface area contributed by atoms with Crippen LogP contribution in [-0.4, -0.2) is 74.5 Å². The fraction of sp³-hybridized carbons (Fsp3) is 0.333. The van der Waals surface area contributed by atoms with Crippen LogP contribution < -0.4 is 21.3 Å². The van der Waals surface area contributed by atoms with Gasteiger partial charge >= 0.3 is 23.9 Å². The molecule has 16 heteroatoms. The first-order chi connectivity index (χ1) is 36.4. The van der Waals surface area contributed by atoms with E-state index in [0.717, 1.165) is 22.3 Å². The zero-order chi connectivity index (χ0) is 57.0. The number of rotatable bonds is 20. The zero-order valence-electron chi connectivity index (χ0n) is 45.7. The number of nitrogens with one attached hydrogen (secondary N) is 4. The lowest BCUT2D eigenvalue weighted by Gasteiger charge is -2.16. The molecule has 0 spiro atoms. The van der Waals surface area contributed by atoms with E-state index in [1.807, 2.05) is 201 Å². The molecule has 0 atom stereocenters. The number of hydrogen-bond donors (Lipinski definition) is 4. The summed E-state index contributed by atoms with van der Waals surface area (Å²) in [5.74, 6) is -2.40. The summed E-state index contributed by atoms with van der Waals surface area (Å²) in [5, 5.41) is 49.4. The minimum atomic E-state index is -0.600. The molecule has 16 nitrogen and oxygen atoms in total.